The average molecular weight is 248 g/mol. The van der Waals surface area contributed by atoms with Gasteiger partial charge in [-0.1, -0.05) is 8.25 Å². The predicted molar refractivity (Wildman–Crippen MR) is 47.0 cm³/mol. The second-order valence-corrected chi connectivity index (χ2v) is 5.26. The third-order valence-corrected chi connectivity index (χ3v) is 2.05. The first kappa shape index (κ1) is 16.1. The van der Waals surface area contributed by atoms with Gasteiger partial charge in [-0.3, -0.25) is 0 Å². The summed E-state index contributed by atoms with van der Waals surface area (Å²) < 4.78 is 8.52. The van der Waals surface area contributed by atoms with Crippen LogP contribution in [-0.4, -0.2) is 0 Å². The fourth-order valence-corrected chi connectivity index (χ4v) is 1.27. The Morgan fingerprint density at radius 1 is 1.38 bits per heavy atom. The molecule has 0 saturated heterocycles. The van der Waals surface area contributed by atoms with Crippen molar-refractivity contribution in [1.82, 2.24) is 0 Å². The molecule has 0 spiro atoms. The number of hydrogen-bond donors (Lipinski definition) is 0. The van der Waals surface area contributed by atoms with Gasteiger partial charge in [-0.05, 0) is 0 Å². The minimum absolute atomic E-state index is 0.493. The first-order valence-electron chi connectivity index (χ1n) is 4.13. The zero-order valence-electron chi connectivity index (χ0n) is 8.59. The third kappa shape index (κ3) is 24.5. The minimum atomic E-state index is -3.63. The summed E-state index contributed by atoms with van der Waals surface area (Å²) in [5.74, 6) is 0.810. The zero-order chi connectivity index (χ0) is 11.1. The van der Waals surface area contributed by atoms with Gasteiger partial charge in [0.15, 0.2) is 0 Å². The standard InChI is InChI=1S/C8H17.Mn.H3O3P/c1-7(2)6-8(3,4)5;;1-4(2)3/h7H,1,6H2,2-5H3;;4H,(H2,1,2,3)/q;+2;/p-2. The molecule has 0 amide bonds. The van der Waals surface area contributed by atoms with Gasteiger partial charge in [0, 0.05) is 0 Å². The molecular formula is C8H18MnO3P. The molecule has 80 valence electrons. The quantitative estimate of drug-likeness (QED) is 0.543. The Kier molecular flexibility index (Phi) is 9.94. The van der Waals surface area contributed by atoms with Crippen LogP contribution in [0, 0.1) is 11.3 Å². The minimum Gasteiger partial charge on any atom is -0.813 e. The van der Waals surface area contributed by atoms with Crippen LogP contribution in [0.2, 0.25) is 5.32 Å². The van der Waals surface area contributed by atoms with E-state index in [0.717, 1.165) is 11.2 Å². The maximum Gasteiger partial charge on any atom is -0.0813 e. The van der Waals surface area contributed by atoms with Crippen molar-refractivity contribution in [3.63, 3.8) is 0 Å². The number of rotatable bonds is 2. The summed E-state index contributed by atoms with van der Waals surface area (Å²) in [7, 11) is -3.63. The summed E-state index contributed by atoms with van der Waals surface area (Å²) in [6.45, 7) is 9.13. The smallest absolute Gasteiger partial charge is 0.0813 e. The Bertz CT molecular complexity index is 141. The Balaban J connectivity index is 0. The SMILES string of the molecule is CC([CH2][Mn+2])CC(C)(C)C.O=[PH]([O-])[O-]. The molecule has 3 nitrogen and oxygen atoms in total. The molecule has 0 aliphatic heterocycles. The van der Waals surface area contributed by atoms with Crippen molar-refractivity contribution in [2.45, 2.75) is 39.4 Å². The van der Waals surface area contributed by atoms with Crippen molar-refractivity contribution >= 4 is 8.25 Å². The van der Waals surface area contributed by atoms with Gasteiger partial charge in [0.25, 0.3) is 0 Å². The van der Waals surface area contributed by atoms with E-state index in [4.69, 9.17) is 14.4 Å². The van der Waals surface area contributed by atoms with E-state index in [1.54, 1.807) is 0 Å². The van der Waals surface area contributed by atoms with E-state index in [1.165, 1.54) is 6.42 Å². The van der Waals surface area contributed by atoms with Crippen molar-refractivity contribution in [3.05, 3.63) is 0 Å². The zero-order valence-corrected chi connectivity index (χ0v) is 10.8. The maximum atomic E-state index is 8.52. The van der Waals surface area contributed by atoms with E-state index < -0.39 is 8.25 Å². The van der Waals surface area contributed by atoms with Gasteiger partial charge < -0.3 is 14.4 Å². The molecule has 0 fully saturated rings. The van der Waals surface area contributed by atoms with Gasteiger partial charge in [0.2, 0.25) is 0 Å². The second kappa shape index (κ2) is 8.02. The fraction of sp³-hybridized carbons (Fsp3) is 1.00. The van der Waals surface area contributed by atoms with Crippen LogP contribution in [-0.2, 0) is 20.6 Å². The van der Waals surface area contributed by atoms with Crippen LogP contribution in [0.3, 0.4) is 0 Å². The van der Waals surface area contributed by atoms with Gasteiger partial charge in [0.1, 0.15) is 0 Å². The van der Waals surface area contributed by atoms with Crippen LogP contribution in [0.25, 0.3) is 0 Å². The molecule has 0 aromatic heterocycles. The first-order chi connectivity index (χ1) is 5.69. The van der Waals surface area contributed by atoms with E-state index in [9.17, 15) is 0 Å². The molecule has 0 bridgehead atoms. The van der Waals surface area contributed by atoms with Crippen LogP contribution in [0.4, 0.5) is 0 Å². The molecule has 1 atom stereocenters. The van der Waals surface area contributed by atoms with Crippen molar-refractivity contribution in [2.24, 2.45) is 11.3 Å². The van der Waals surface area contributed by atoms with Crippen LogP contribution in [0.5, 0.6) is 0 Å². The molecule has 0 heterocycles. The fourth-order valence-electron chi connectivity index (χ4n) is 1.10. The van der Waals surface area contributed by atoms with Gasteiger partial charge >= 0.3 is 66.8 Å². The molecule has 0 saturated carbocycles. The molecule has 0 aromatic carbocycles. The molecular weight excluding hydrogens is 230 g/mol. The molecule has 5 heteroatoms. The Labute approximate surface area is 89.7 Å². The van der Waals surface area contributed by atoms with Crippen molar-refractivity contribution < 1.29 is 30.4 Å². The predicted octanol–water partition coefficient (Wildman–Crippen LogP) is 1.12. The Morgan fingerprint density at radius 2 is 1.69 bits per heavy atom. The van der Waals surface area contributed by atoms with Gasteiger partial charge in [-0.2, -0.15) is 0 Å². The first-order valence-corrected chi connectivity index (χ1v) is 6.19. The normalized spacial score (nSPS) is 13.5. The van der Waals surface area contributed by atoms with Crippen LogP contribution >= 0.6 is 8.25 Å². The van der Waals surface area contributed by atoms with E-state index >= 15 is 0 Å². The molecule has 0 aromatic rings. The summed E-state index contributed by atoms with van der Waals surface area (Å²) in [5, 5.41) is 1.13. The van der Waals surface area contributed by atoms with E-state index in [2.05, 4.69) is 43.7 Å². The van der Waals surface area contributed by atoms with Gasteiger partial charge in [-0.15, -0.1) is 0 Å². The number of hydrogen-bond acceptors (Lipinski definition) is 3. The van der Waals surface area contributed by atoms with E-state index in [1.807, 2.05) is 0 Å². The summed E-state index contributed by atoms with van der Waals surface area (Å²) >= 11 is 3.47. The Hall–Kier alpha value is 0.669. The van der Waals surface area contributed by atoms with E-state index in [0.29, 0.717) is 5.41 Å². The molecule has 0 aliphatic carbocycles. The van der Waals surface area contributed by atoms with Crippen LogP contribution in [0.1, 0.15) is 34.1 Å². The largest absolute Gasteiger partial charge is 0.813 e. The van der Waals surface area contributed by atoms with E-state index in [-0.39, 0.29) is 0 Å². The topological polar surface area (TPSA) is 63.2 Å². The van der Waals surface area contributed by atoms with Crippen molar-refractivity contribution in [3.8, 4) is 0 Å². The van der Waals surface area contributed by atoms with Crippen molar-refractivity contribution in [1.29, 1.82) is 0 Å². The molecule has 1 unspecified atom stereocenters. The summed E-state index contributed by atoms with van der Waals surface area (Å²) in [6, 6.07) is 0. The molecule has 0 rings (SSSR count). The second-order valence-electron chi connectivity index (χ2n) is 4.27. The average Bonchev–Trinajstić information content (AvgIpc) is 1.82. The maximum absolute atomic E-state index is 8.52. The van der Waals surface area contributed by atoms with Crippen molar-refractivity contribution in [2.75, 3.05) is 0 Å². The monoisotopic (exact) mass is 248 g/mol. The molecule has 0 N–H and O–H groups in total. The van der Waals surface area contributed by atoms with Crippen LogP contribution < -0.4 is 9.79 Å². The van der Waals surface area contributed by atoms with Gasteiger partial charge in [-0.25, -0.2) is 0 Å². The summed E-state index contributed by atoms with van der Waals surface area (Å²) in [6.07, 6.45) is 1.30. The van der Waals surface area contributed by atoms with Crippen LogP contribution in [0.15, 0.2) is 0 Å². The summed E-state index contributed by atoms with van der Waals surface area (Å²) in [4.78, 5) is 17.0. The summed E-state index contributed by atoms with van der Waals surface area (Å²) in [5.41, 5.74) is 0.493. The third-order valence-electron chi connectivity index (χ3n) is 1.22. The molecule has 0 aliphatic rings. The molecule has 13 heavy (non-hydrogen) atoms. The van der Waals surface area contributed by atoms with Gasteiger partial charge in [0.05, 0.1) is 0 Å². The Morgan fingerprint density at radius 3 is 1.77 bits per heavy atom. The molecule has 0 radical (unpaired) electrons.